The minimum Gasteiger partial charge on any atom is -0.493 e. The first-order chi connectivity index (χ1) is 12.6. The fraction of sp³-hybridized carbons (Fsp3) is 0.350. The van der Waals surface area contributed by atoms with Gasteiger partial charge in [-0.25, -0.2) is 4.79 Å². The summed E-state index contributed by atoms with van der Waals surface area (Å²) in [7, 11) is 3.21. The fourth-order valence-corrected chi connectivity index (χ4v) is 2.39. The van der Waals surface area contributed by atoms with Gasteiger partial charge in [-0.2, -0.15) is 0 Å². The Morgan fingerprint density at radius 1 is 0.923 bits per heavy atom. The molecular formula is C20H26N2O4. The zero-order valence-corrected chi connectivity index (χ0v) is 15.5. The number of amides is 2. The Hall–Kier alpha value is -2.89. The molecule has 140 valence electrons. The van der Waals surface area contributed by atoms with Crippen LogP contribution in [-0.2, 0) is 6.42 Å². The lowest BCUT2D eigenvalue weighted by Gasteiger charge is -2.11. The fourth-order valence-electron chi connectivity index (χ4n) is 2.39. The largest absolute Gasteiger partial charge is 0.493 e. The Kier molecular flexibility index (Phi) is 7.61. The lowest BCUT2D eigenvalue weighted by atomic mass is 10.1. The molecule has 0 unspecified atom stereocenters. The number of hydrogen-bond acceptors (Lipinski definition) is 4. The minimum absolute atomic E-state index is 0.210. The summed E-state index contributed by atoms with van der Waals surface area (Å²) in [6.07, 6.45) is 0.702. The number of aryl methyl sites for hydroxylation is 1. The summed E-state index contributed by atoms with van der Waals surface area (Å²) >= 11 is 0. The molecule has 0 heterocycles. The summed E-state index contributed by atoms with van der Waals surface area (Å²) < 4.78 is 16.0. The lowest BCUT2D eigenvalue weighted by Crippen LogP contribution is -2.38. The van der Waals surface area contributed by atoms with Gasteiger partial charge in [-0.1, -0.05) is 23.8 Å². The molecule has 0 aliphatic rings. The first-order valence-corrected chi connectivity index (χ1v) is 8.54. The predicted molar refractivity (Wildman–Crippen MR) is 101 cm³/mol. The van der Waals surface area contributed by atoms with Crippen LogP contribution in [0.2, 0.25) is 0 Å². The van der Waals surface area contributed by atoms with Crippen molar-refractivity contribution >= 4 is 6.03 Å². The number of carbonyl (C=O) groups is 1. The van der Waals surface area contributed by atoms with Crippen LogP contribution >= 0.6 is 0 Å². The van der Waals surface area contributed by atoms with Crippen LogP contribution in [0.3, 0.4) is 0 Å². The van der Waals surface area contributed by atoms with Crippen molar-refractivity contribution in [2.24, 2.45) is 0 Å². The van der Waals surface area contributed by atoms with Crippen molar-refractivity contribution in [3.63, 3.8) is 0 Å². The highest BCUT2D eigenvalue weighted by atomic mass is 16.5. The molecule has 0 aliphatic heterocycles. The summed E-state index contributed by atoms with van der Waals surface area (Å²) in [5.74, 6) is 2.17. The van der Waals surface area contributed by atoms with E-state index < -0.39 is 0 Å². The van der Waals surface area contributed by atoms with Gasteiger partial charge >= 0.3 is 6.03 Å². The number of benzene rings is 2. The van der Waals surface area contributed by atoms with Gasteiger partial charge in [0.05, 0.1) is 20.8 Å². The van der Waals surface area contributed by atoms with E-state index in [1.54, 1.807) is 14.2 Å². The van der Waals surface area contributed by atoms with E-state index in [9.17, 15) is 4.79 Å². The highest BCUT2D eigenvalue weighted by molar-refractivity contribution is 5.73. The molecule has 0 aromatic heterocycles. The summed E-state index contributed by atoms with van der Waals surface area (Å²) in [5.41, 5.74) is 2.25. The Labute approximate surface area is 154 Å². The average molecular weight is 358 g/mol. The van der Waals surface area contributed by atoms with Crippen LogP contribution in [0.5, 0.6) is 17.2 Å². The van der Waals surface area contributed by atoms with E-state index in [0.717, 1.165) is 11.3 Å². The Bertz CT molecular complexity index is 701. The number of rotatable bonds is 9. The first kappa shape index (κ1) is 19.4. The van der Waals surface area contributed by atoms with Crippen LogP contribution < -0.4 is 24.8 Å². The van der Waals surface area contributed by atoms with Crippen molar-refractivity contribution in [3.05, 3.63) is 53.6 Å². The molecule has 2 rings (SSSR count). The predicted octanol–water partition coefficient (Wildman–Crippen LogP) is 2.93. The maximum atomic E-state index is 11.8. The molecule has 2 aromatic carbocycles. The summed E-state index contributed by atoms with van der Waals surface area (Å²) in [6.45, 7) is 3.42. The molecule has 2 N–H and O–H groups in total. The van der Waals surface area contributed by atoms with Crippen molar-refractivity contribution in [1.29, 1.82) is 0 Å². The minimum atomic E-state index is -0.210. The molecule has 2 aromatic rings. The van der Waals surface area contributed by atoms with Gasteiger partial charge in [0.1, 0.15) is 12.4 Å². The van der Waals surface area contributed by atoms with E-state index in [-0.39, 0.29) is 6.03 Å². The molecule has 0 radical (unpaired) electrons. The van der Waals surface area contributed by atoms with Gasteiger partial charge in [0, 0.05) is 6.54 Å². The molecule has 0 bridgehead atoms. The molecule has 6 nitrogen and oxygen atoms in total. The topological polar surface area (TPSA) is 68.8 Å². The molecular weight excluding hydrogens is 332 g/mol. The second-order valence-electron chi connectivity index (χ2n) is 5.78. The molecule has 0 aliphatic carbocycles. The average Bonchev–Trinajstić information content (AvgIpc) is 2.66. The van der Waals surface area contributed by atoms with Crippen molar-refractivity contribution < 1.29 is 19.0 Å². The standard InChI is InChI=1S/C20H26N2O4/c1-15-4-7-17(8-5-15)26-13-12-22-20(23)21-11-10-16-6-9-18(24-2)19(14-16)25-3/h4-9,14H,10-13H2,1-3H3,(H2,21,22,23). The van der Waals surface area contributed by atoms with Crippen molar-refractivity contribution in [3.8, 4) is 17.2 Å². The van der Waals surface area contributed by atoms with Gasteiger partial charge in [-0.05, 0) is 43.2 Å². The Balaban J connectivity index is 1.63. The van der Waals surface area contributed by atoms with Crippen LogP contribution in [0.15, 0.2) is 42.5 Å². The Morgan fingerprint density at radius 2 is 1.62 bits per heavy atom. The van der Waals surface area contributed by atoms with Gasteiger partial charge in [0.25, 0.3) is 0 Å². The molecule has 6 heteroatoms. The van der Waals surface area contributed by atoms with Gasteiger partial charge in [0.2, 0.25) is 0 Å². The van der Waals surface area contributed by atoms with Crippen LogP contribution in [0.25, 0.3) is 0 Å². The Morgan fingerprint density at radius 3 is 2.31 bits per heavy atom. The molecule has 26 heavy (non-hydrogen) atoms. The van der Waals surface area contributed by atoms with E-state index >= 15 is 0 Å². The number of hydrogen-bond donors (Lipinski definition) is 2. The van der Waals surface area contributed by atoms with Crippen LogP contribution in [-0.4, -0.2) is 39.9 Å². The first-order valence-electron chi connectivity index (χ1n) is 8.54. The van der Waals surface area contributed by atoms with E-state index in [0.29, 0.717) is 37.6 Å². The lowest BCUT2D eigenvalue weighted by molar-refractivity contribution is 0.236. The second-order valence-corrected chi connectivity index (χ2v) is 5.78. The van der Waals surface area contributed by atoms with E-state index in [1.165, 1.54) is 5.56 Å². The summed E-state index contributed by atoms with van der Waals surface area (Å²) in [6, 6.07) is 13.3. The van der Waals surface area contributed by atoms with Crippen LogP contribution in [0, 0.1) is 6.92 Å². The van der Waals surface area contributed by atoms with Gasteiger partial charge in [-0.15, -0.1) is 0 Å². The smallest absolute Gasteiger partial charge is 0.314 e. The number of methoxy groups -OCH3 is 2. The van der Waals surface area contributed by atoms with Crippen molar-refractivity contribution in [2.75, 3.05) is 33.9 Å². The summed E-state index contributed by atoms with van der Waals surface area (Å²) in [5, 5.41) is 5.60. The zero-order chi connectivity index (χ0) is 18.8. The highest BCUT2D eigenvalue weighted by Gasteiger charge is 2.05. The third-order valence-electron chi connectivity index (χ3n) is 3.82. The van der Waals surface area contributed by atoms with Gasteiger partial charge in [0.15, 0.2) is 11.5 Å². The third-order valence-corrected chi connectivity index (χ3v) is 3.82. The van der Waals surface area contributed by atoms with E-state index in [1.807, 2.05) is 49.4 Å². The quantitative estimate of drug-likeness (QED) is 0.676. The maximum absolute atomic E-state index is 11.8. The molecule has 2 amide bonds. The number of carbonyl (C=O) groups excluding carboxylic acids is 1. The van der Waals surface area contributed by atoms with Gasteiger partial charge in [-0.3, -0.25) is 0 Å². The molecule has 0 saturated carbocycles. The summed E-state index contributed by atoms with van der Waals surface area (Å²) in [4.78, 5) is 11.8. The second kappa shape index (κ2) is 10.2. The molecule has 0 fully saturated rings. The highest BCUT2D eigenvalue weighted by Crippen LogP contribution is 2.27. The molecule has 0 saturated heterocycles. The molecule has 0 atom stereocenters. The van der Waals surface area contributed by atoms with Gasteiger partial charge < -0.3 is 24.8 Å². The van der Waals surface area contributed by atoms with E-state index in [4.69, 9.17) is 14.2 Å². The number of urea groups is 1. The van der Waals surface area contributed by atoms with Crippen molar-refractivity contribution in [1.82, 2.24) is 10.6 Å². The molecule has 0 spiro atoms. The zero-order valence-electron chi connectivity index (χ0n) is 15.5. The SMILES string of the molecule is COc1ccc(CCNC(=O)NCCOc2ccc(C)cc2)cc1OC. The van der Waals surface area contributed by atoms with Crippen LogP contribution in [0.4, 0.5) is 4.79 Å². The number of ether oxygens (including phenoxy) is 3. The van der Waals surface area contributed by atoms with Crippen molar-refractivity contribution in [2.45, 2.75) is 13.3 Å². The van der Waals surface area contributed by atoms with Crippen LogP contribution in [0.1, 0.15) is 11.1 Å². The monoisotopic (exact) mass is 358 g/mol. The number of nitrogens with one attached hydrogen (secondary N) is 2. The maximum Gasteiger partial charge on any atom is 0.314 e. The van der Waals surface area contributed by atoms with E-state index in [2.05, 4.69) is 10.6 Å². The normalized spacial score (nSPS) is 10.1. The third kappa shape index (κ3) is 6.20.